The predicted molar refractivity (Wildman–Crippen MR) is 113 cm³/mol. The van der Waals surface area contributed by atoms with Gasteiger partial charge in [-0.3, -0.25) is 4.79 Å². The molecule has 0 fully saturated rings. The number of hydrogen-bond donors (Lipinski definition) is 1. The minimum Gasteiger partial charge on any atom is -0.481 e. The Labute approximate surface area is 170 Å². The monoisotopic (exact) mass is 390 g/mol. The molecule has 0 radical (unpaired) electrons. The first kappa shape index (κ1) is 20.8. The molecule has 2 aromatic carbocycles. The van der Waals surface area contributed by atoms with E-state index in [4.69, 9.17) is 22.8 Å². The molecule has 0 saturated carbocycles. The molecule has 140 valence electrons. The third kappa shape index (κ3) is 5.27. The average molecular weight is 391 g/mol. The Morgan fingerprint density at radius 2 is 2.18 bits per heavy atom. The van der Waals surface area contributed by atoms with E-state index in [1.807, 2.05) is 12.1 Å². The van der Waals surface area contributed by atoms with Gasteiger partial charge in [0, 0.05) is 10.7 Å². The predicted octanol–water partition coefficient (Wildman–Crippen LogP) is 4.93. The number of nitriles is 1. The van der Waals surface area contributed by atoms with E-state index >= 15 is 0 Å². The topological polar surface area (TPSA) is 62.1 Å². The van der Waals surface area contributed by atoms with Crippen molar-refractivity contribution in [3.8, 4) is 24.2 Å². The van der Waals surface area contributed by atoms with Crippen molar-refractivity contribution in [2.45, 2.75) is 13.3 Å². The van der Waals surface area contributed by atoms with E-state index in [9.17, 15) is 10.1 Å². The van der Waals surface area contributed by atoms with Crippen LogP contribution in [0.4, 0.5) is 5.69 Å². The lowest BCUT2D eigenvalue weighted by Gasteiger charge is -2.10. The summed E-state index contributed by atoms with van der Waals surface area (Å²) in [6, 6.07) is 12.5. The third-order valence-corrected chi connectivity index (χ3v) is 4.36. The second-order valence-corrected chi connectivity index (χ2v) is 6.30. The molecule has 5 heteroatoms. The van der Waals surface area contributed by atoms with Crippen LogP contribution in [0.2, 0.25) is 5.02 Å². The molecule has 0 atom stereocenters. The number of terminal acetylenes is 1. The summed E-state index contributed by atoms with van der Waals surface area (Å²) in [5.41, 5.74) is 2.82. The fourth-order valence-electron chi connectivity index (χ4n) is 2.51. The number of anilines is 1. The van der Waals surface area contributed by atoms with Gasteiger partial charge in [-0.2, -0.15) is 5.26 Å². The Hall–Kier alpha value is -3.47. The van der Waals surface area contributed by atoms with Crippen LogP contribution in [0.5, 0.6) is 5.75 Å². The number of carbonyl (C=O) groups excluding carboxylic acids is 1. The highest BCUT2D eigenvalue weighted by atomic mass is 35.5. The van der Waals surface area contributed by atoms with Gasteiger partial charge in [0.1, 0.15) is 24.0 Å². The van der Waals surface area contributed by atoms with Crippen molar-refractivity contribution in [1.29, 1.82) is 5.26 Å². The maximum atomic E-state index is 12.5. The second kappa shape index (κ2) is 10.0. The molecule has 0 bridgehead atoms. The molecule has 2 aromatic rings. The highest BCUT2D eigenvalue weighted by Crippen LogP contribution is 2.25. The number of allylic oxidation sites excluding steroid dienone is 1. The number of nitrogens with zero attached hydrogens (tertiary/aromatic N) is 1. The van der Waals surface area contributed by atoms with Gasteiger partial charge in [0.25, 0.3) is 5.91 Å². The zero-order valence-electron chi connectivity index (χ0n) is 15.5. The summed E-state index contributed by atoms with van der Waals surface area (Å²) in [7, 11) is 0. The summed E-state index contributed by atoms with van der Waals surface area (Å²) >= 11 is 6.08. The summed E-state index contributed by atoms with van der Waals surface area (Å²) in [6.45, 7) is 5.69. The lowest BCUT2D eigenvalue weighted by atomic mass is 10.0. The molecule has 1 N–H and O–H groups in total. The van der Waals surface area contributed by atoms with E-state index < -0.39 is 5.91 Å². The van der Waals surface area contributed by atoms with Gasteiger partial charge >= 0.3 is 0 Å². The summed E-state index contributed by atoms with van der Waals surface area (Å²) in [4.78, 5) is 12.5. The van der Waals surface area contributed by atoms with Crippen LogP contribution in [-0.4, -0.2) is 12.5 Å². The minimum absolute atomic E-state index is 0.0266. The van der Waals surface area contributed by atoms with Gasteiger partial charge in [-0.05, 0) is 60.4 Å². The lowest BCUT2D eigenvalue weighted by Crippen LogP contribution is -2.14. The van der Waals surface area contributed by atoms with Crippen molar-refractivity contribution >= 4 is 29.3 Å². The number of rotatable bonds is 7. The van der Waals surface area contributed by atoms with Gasteiger partial charge in [0.2, 0.25) is 0 Å². The van der Waals surface area contributed by atoms with Gasteiger partial charge in [-0.1, -0.05) is 35.7 Å². The minimum atomic E-state index is -0.509. The van der Waals surface area contributed by atoms with Gasteiger partial charge < -0.3 is 10.1 Å². The highest BCUT2D eigenvalue weighted by Gasteiger charge is 2.12. The molecule has 0 saturated heterocycles. The normalized spacial score (nSPS) is 10.5. The SMILES string of the molecule is C#CCOc1ccc(/C=C(/C#N)C(=O)Nc2cccc(Cl)c2C)cc1CC=C. The molecule has 4 nitrogen and oxygen atoms in total. The van der Waals surface area contributed by atoms with E-state index in [0.717, 1.165) is 11.1 Å². The van der Waals surface area contributed by atoms with Gasteiger partial charge in [0.05, 0.1) is 0 Å². The van der Waals surface area contributed by atoms with Crippen LogP contribution in [0.25, 0.3) is 6.08 Å². The van der Waals surface area contributed by atoms with E-state index in [2.05, 4.69) is 17.8 Å². The van der Waals surface area contributed by atoms with E-state index in [1.165, 1.54) is 6.08 Å². The Kier molecular flexibility index (Phi) is 7.45. The van der Waals surface area contributed by atoms with Crippen molar-refractivity contribution in [3.63, 3.8) is 0 Å². The summed E-state index contributed by atoms with van der Waals surface area (Å²) < 4.78 is 5.51. The van der Waals surface area contributed by atoms with E-state index in [-0.39, 0.29) is 12.2 Å². The number of nitrogens with one attached hydrogen (secondary N) is 1. The second-order valence-electron chi connectivity index (χ2n) is 5.89. The smallest absolute Gasteiger partial charge is 0.266 e. The zero-order valence-corrected chi connectivity index (χ0v) is 16.2. The molecule has 0 heterocycles. The molecule has 0 spiro atoms. The van der Waals surface area contributed by atoms with E-state index in [1.54, 1.807) is 43.3 Å². The molecular formula is C23H19ClN2O2. The van der Waals surface area contributed by atoms with Gasteiger partial charge in [-0.25, -0.2) is 0 Å². The van der Waals surface area contributed by atoms with Gasteiger partial charge in [-0.15, -0.1) is 13.0 Å². The van der Waals surface area contributed by atoms with Crippen molar-refractivity contribution in [1.82, 2.24) is 0 Å². The number of hydrogen-bond acceptors (Lipinski definition) is 3. The summed E-state index contributed by atoms with van der Waals surface area (Å²) in [5, 5.41) is 12.7. The van der Waals surface area contributed by atoms with Crippen molar-refractivity contribution in [3.05, 3.63) is 76.3 Å². The van der Waals surface area contributed by atoms with Crippen LogP contribution >= 0.6 is 11.6 Å². The molecule has 0 unspecified atom stereocenters. The Morgan fingerprint density at radius 1 is 1.39 bits per heavy atom. The lowest BCUT2D eigenvalue weighted by molar-refractivity contribution is -0.112. The number of ether oxygens (including phenoxy) is 1. The quantitative estimate of drug-likeness (QED) is 0.315. The Morgan fingerprint density at radius 3 is 2.86 bits per heavy atom. The van der Waals surface area contributed by atoms with Crippen LogP contribution in [0, 0.1) is 30.6 Å². The number of benzene rings is 2. The number of amides is 1. The standard InChI is InChI=1S/C23H19ClN2O2/c1-4-7-18-13-17(10-11-22(18)28-12-5-2)14-19(15-25)23(27)26-21-9-6-8-20(24)16(21)3/h2,4,6,8-11,13-14H,1,7,12H2,3H3,(H,26,27)/b19-14-. The average Bonchev–Trinajstić information content (AvgIpc) is 2.69. The van der Waals surface area contributed by atoms with Crippen molar-refractivity contribution in [2.75, 3.05) is 11.9 Å². The van der Waals surface area contributed by atoms with Crippen LogP contribution in [0.3, 0.4) is 0 Å². The Balaban J connectivity index is 2.30. The van der Waals surface area contributed by atoms with Crippen LogP contribution < -0.4 is 10.1 Å². The van der Waals surface area contributed by atoms with Crippen molar-refractivity contribution < 1.29 is 9.53 Å². The molecule has 2 rings (SSSR count). The summed E-state index contributed by atoms with van der Waals surface area (Å²) in [5.74, 6) is 2.56. The summed E-state index contributed by atoms with van der Waals surface area (Å²) in [6.07, 6.45) is 9.07. The fourth-order valence-corrected chi connectivity index (χ4v) is 2.69. The molecule has 0 aliphatic heterocycles. The largest absolute Gasteiger partial charge is 0.481 e. The zero-order chi connectivity index (χ0) is 20.5. The number of halogens is 1. The molecule has 0 aliphatic carbocycles. The van der Waals surface area contributed by atoms with Crippen LogP contribution in [0.15, 0.2) is 54.6 Å². The molecular weight excluding hydrogens is 372 g/mol. The maximum absolute atomic E-state index is 12.5. The van der Waals surface area contributed by atoms with Crippen LogP contribution in [0.1, 0.15) is 16.7 Å². The molecule has 0 aromatic heterocycles. The Bertz CT molecular complexity index is 1010. The molecule has 1 amide bonds. The first-order valence-corrected chi connectivity index (χ1v) is 8.86. The maximum Gasteiger partial charge on any atom is 0.266 e. The van der Waals surface area contributed by atoms with Gasteiger partial charge in [0.15, 0.2) is 0 Å². The third-order valence-electron chi connectivity index (χ3n) is 3.95. The highest BCUT2D eigenvalue weighted by molar-refractivity contribution is 6.31. The van der Waals surface area contributed by atoms with Crippen LogP contribution in [-0.2, 0) is 11.2 Å². The van der Waals surface area contributed by atoms with E-state index in [0.29, 0.717) is 28.4 Å². The fraction of sp³-hybridized carbons (Fsp3) is 0.130. The first-order valence-electron chi connectivity index (χ1n) is 8.48. The van der Waals surface area contributed by atoms with Crippen molar-refractivity contribution in [2.24, 2.45) is 0 Å². The first-order chi connectivity index (χ1) is 13.5. The number of carbonyl (C=O) groups is 1. The molecule has 28 heavy (non-hydrogen) atoms. The molecule has 0 aliphatic rings.